The second-order valence-corrected chi connectivity index (χ2v) is 10.4. The monoisotopic (exact) mass is 458 g/mol. The van der Waals surface area contributed by atoms with Crippen molar-refractivity contribution in [2.45, 2.75) is 36.6 Å². The van der Waals surface area contributed by atoms with E-state index < -0.39 is 16.1 Å². The van der Waals surface area contributed by atoms with E-state index >= 15 is 0 Å². The van der Waals surface area contributed by atoms with Gasteiger partial charge in [0.1, 0.15) is 6.04 Å². The van der Waals surface area contributed by atoms with Gasteiger partial charge in [0.25, 0.3) is 0 Å². The average molecular weight is 459 g/mol. The summed E-state index contributed by atoms with van der Waals surface area (Å²) in [5.41, 5.74) is 5.71. The summed E-state index contributed by atoms with van der Waals surface area (Å²) >= 11 is 0. The van der Waals surface area contributed by atoms with Crippen LogP contribution in [0.25, 0.3) is 10.8 Å². The molecule has 0 spiro atoms. The molecule has 32 heavy (non-hydrogen) atoms. The second-order valence-electron chi connectivity index (χ2n) is 8.64. The highest BCUT2D eigenvalue weighted by Crippen LogP contribution is 2.21. The van der Waals surface area contributed by atoms with Gasteiger partial charge in [0.15, 0.2) is 0 Å². The van der Waals surface area contributed by atoms with E-state index in [1.165, 1.54) is 4.90 Å². The molecule has 1 atom stereocenters. The fourth-order valence-electron chi connectivity index (χ4n) is 4.48. The predicted molar refractivity (Wildman–Crippen MR) is 122 cm³/mol. The van der Waals surface area contributed by atoms with Crippen molar-refractivity contribution >= 4 is 32.6 Å². The van der Waals surface area contributed by atoms with Crippen molar-refractivity contribution in [2.75, 3.05) is 32.7 Å². The molecular formula is C23H30N4O4S. The zero-order valence-corrected chi connectivity index (χ0v) is 18.9. The molecule has 8 nitrogen and oxygen atoms in total. The highest BCUT2D eigenvalue weighted by atomic mass is 32.2. The number of rotatable bonds is 6. The number of nitrogens with zero attached hydrogens (tertiary/aromatic N) is 2. The first-order valence-corrected chi connectivity index (χ1v) is 12.6. The minimum atomic E-state index is -3.87. The molecule has 2 aromatic carbocycles. The summed E-state index contributed by atoms with van der Waals surface area (Å²) in [6, 6.07) is 11.6. The van der Waals surface area contributed by atoms with Crippen molar-refractivity contribution in [3.05, 3.63) is 42.5 Å². The lowest BCUT2D eigenvalue weighted by Gasteiger charge is -2.36. The van der Waals surface area contributed by atoms with Gasteiger partial charge in [-0.2, -0.15) is 4.72 Å². The van der Waals surface area contributed by atoms with Gasteiger partial charge in [-0.05, 0) is 61.1 Å². The van der Waals surface area contributed by atoms with Gasteiger partial charge < -0.3 is 15.5 Å². The SMILES string of the molecule is NCC1CCN(C(=O)CN2CCCC(NS(=O)(=O)c3ccc4ccccc4c3)C2=O)CC1. The molecule has 0 bridgehead atoms. The molecule has 3 N–H and O–H groups in total. The van der Waals surface area contributed by atoms with Crippen molar-refractivity contribution in [3.63, 3.8) is 0 Å². The number of hydrogen-bond donors (Lipinski definition) is 2. The van der Waals surface area contributed by atoms with Gasteiger partial charge in [-0.25, -0.2) is 8.42 Å². The fraction of sp³-hybridized carbons (Fsp3) is 0.478. The van der Waals surface area contributed by atoms with Crippen LogP contribution in [0.4, 0.5) is 0 Å². The Balaban J connectivity index is 1.40. The van der Waals surface area contributed by atoms with E-state index in [0.717, 1.165) is 23.6 Å². The van der Waals surface area contributed by atoms with Crippen molar-refractivity contribution < 1.29 is 18.0 Å². The smallest absolute Gasteiger partial charge is 0.242 e. The average Bonchev–Trinajstić information content (AvgIpc) is 2.81. The van der Waals surface area contributed by atoms with E-state index in [0.29, 0.717) is 44.9 Å². The lowest BCUT2D eigenvalue weighted by Crippen LogP contribution is -2.55. The van der Waals surface area contributed by atoms with Gasteiger partial charge in [0, 0.05) is 19.6 Å². The number of amides is 2. The molecule has 172 valence electrons. The van der Waals surface area contributed by atoms with E-state index in [-0.39, 0.29) is 23.3 Å². The van der Waals surface area contributed by atoms with Gasteiger partial charge in [-0.15, -0.1) is 0 Å². The van der Waals surface area contributed by atoms with Crippen molar-refractivity contribution in [1.82, 2.24) is 14.5 Å². The van der Waals surface area contributed by atoms with Crippen LogP contribution in [0.5, 0.6) is 0 Å². The van der Waals surface area contributed by atoms with Crippen molar-refractivity contribution in [2.24, 2.45) is 11.7 Å². The molecule has 0 aromatic heterocycles. The Morgan fingerprint density at radius 2 is 1.75 bits per heavy atom. The third-order valence-electron chi connectivity index (χ3n) is 6.49. The molecule has 9 heteroatoms. The third kappa shape index (κ3) is 4.95. The van der Waals surface area contributed by atoms with E-state index in [1.54, 1.807) is 23.1 Å². The molecular weight excluding hydrogens is 428 g/mol. The summed E-state index contributed by atoms with van der Waals surface area (Å²) < 4.78 is 28.5. The summed E-state index contributed by atoms with van der Waals surface area (Å²) in [5, 5.41) is 1.76. The number of carbonyl (C=O) groups is 2. The normalized spacial score (nSPS) is 20.7. The maximum absolute atomic E-state index is 13.0. The molecule has 2 fully saturated rings. The fourth-order valence-corrected chi connectivity index (χ4v) is 5.74. The Morgan fingerprint density at radius 3 is 2.47 bits per heavy atom. The summed E-state index contributed by atoms with van der Waals surface area (Å²) in [6.07, 6.45) is 2.81. The molecule has 1 unspecified atom stereocenters. The Hall–Kier alpha value is -2.49. The highest BCUT2D eigenvalue weighted by Gasteiger charge is 2.34. The Kier molecular flexibility index (Phi) is 6.78. The minimum absolute atomic E-state index is 0.0136. The summed E-state index contributed by atoms with van der Waals surface area (Å²) in [4.78, 5) is 29.1. The Labute approximate surface area is 188 Å². The second kappa shape index (κ2) is 9.56. The van der Waals surface area contributed by atoms with Gasteiger partial charge >= 0.3 is 0 Å². The van der Waals surface area contributed by atoms with Crippen LogP contribution in [-0.2, 0) is 19.6 Å². The largest absolute Gasteiger partial charge is 0.341 e. The van der Waals surface area contributed by atoms with Crippen LogP contribution in [0.15, 0.2) is 47.4 Å². The molecule has 2 aliphatic heterocycles. The maximum atomic E-state index is 13.0. The first-order valence-electron chi connectivity index (χ1n) is 11.1. The summed E-state index contributed by atoms with van der Waals surface area (Å²) in [6.45, 7) is 2.38. The van der Waals surface area contributed by atoms with Crippen LogP contribution < -0.4 is 10.5 Å². The zero-order valence-electron chi connectivity index (χ0n) is 18.1. The van der Waals surface area contributed by atoms with Gasteiger partial charge in [-0.3, -0.25) is 9.59 Å². The zero-order chi connectivity index (χ0) is 22.7. The van der Waals surface area contributed by atoms with E-state index in [2.05, 4.69) is 4.72 Å². The summed E-state index contributed by atoms with van der Waals surface area (Å²) in [7, 11) is -3.87. The number of sulfonamides is 1. The number of benzene rings is 2. The van der Waals surface area contributed by atoms with Crippen LogP contribution in [0.1, 0.15) is 25.7 Å². The summed E-state index contributed by atoms with van der Waals surface area (Å²) in [5.74, 6) is 0.0160. The number of carbonyl (C=O) groups excluding carboxylic acids is 2. The van der Waals surface area contributed by atoms with Crippen LogP contribution >= 0.6 is 0 Å². The molecule has 2 aromatic rings. The molecule has 4 rings (SSSR count). The standard InChI is InChI=1S/C23H30N4O4S/c24-15-17-9-12-26(13-10-17)22(28)16-27-11-3-6-21(23(27)29)25-32(30,31)20-8-7-18-4-1-2-5-19(18)14-20/h1-2,4-5,7-8,14,17,21,25H,3,6,9-13,15-16,24H2. The molecule has 0 aliphatic carbocycles. The number of piperidine rings is 2. The highest BCUT2D eigenvalue weighted by molar-refractivity contribution is 7.89. The number of fused-ring (bicyclic) bond motifs is 1. The minimum Gasteiger partial charge on any atom is -0.341 e. The molecule has 2 amide bonds. The predicted octanol–water partition coefficient (Wildman–Crippen LogP) is 1.31. The van der Waals surface area contributed by atoms with Crippen LogP contribution in [0.2, 0.25) is 0 Å². The van der Waals surface area contributed by atoms with Crippen LogP contribution in [-0.4, -0.2) is 68.8 Å². The van der Waals surface area contributed by atoms with Crippen LogP contribution in [0, 0.1) is 5.92 Å². The molecule has 2 aliphatic rings. The first-order chi connectivity index (χ1) is 15.4. The topological polar surface area (TPSA) is 113 Å². The molecule has 2 heterocycles. The van der Waals surface area contributed by atoms with E-state index in [9.17, 15) is 18.0 Å². The Morgan fingerprint density at radius 1 is 1.03 bits per heavy atom. The number of nitrogens with two attached hydrogens (primary N) is 1. The number of nitrogens with one attached hydrogen (secondary N) is 1. The van der Waals surface area contributed by atoms with Crippen molar-refractivity contribution in [1.29, 1.82) is 0 Å². The molecule has 2 saturated heterocycles. The van der Waals surface area contributed by atoms with Crippen molar-refractivity contribution in [3.8, 4) is 0 Å². The quantitative estimate of drug-likeness (QED) is 0.678. The number of hydrogen-bond acceptors (Lipinski definition) is 5. The van der Waals surface area contributed by atoms with Gasteiger partial charge in [-0.1, -0.05) is 30.3 Å². The van der Waals surface area contributed by atoms with Crippen LogP contribution in [0.3, 0.4) is 0 Å². The molecule has 0 radical (unpaired) electrons. The van der Waals surface area contributed by atoms with E-state index in [1.807, 2.05) is 24.3 Å². The number of likely N-dealkylation sites (tertiary alicyclic amines) is 2. The van der Waals surface area contributed by atoms with Gasteiger partial charge in [0.2, 0.25) is 21.8 Å². The van der Waals surface area contributed by atoms with Gasteiger partial charge in [0.05, 0.1) is 11.4 Å². The lowest BCUT2D eigenvalue weighted by atomic mass is 9.97. The van der Waals surface area contributed by atoms with E-state index in [4.69, 9.17) is 5.73 Å². The lowest BCUT2D eigenvalue weighted by molar-refractivity contribution is -0.143. The maximum Gasteiger partial charge on any atom is 0.242 e. The third-order valence-corrected chi connectivity index (χ3v) is 7.96. The Bertz CT molecular complexity index is 1100. The molecule has 0 saturated carbocycles. The first kappa shape index (κ1) is 22.7.